The Morgan fingerprint density at radius 3 is 2.41 bits per heavy atom. The van der Waals surface area contributed by atoms with Gasteiger partial charge in [-0.1, -0.05) is 37.0 Å². The summed E-state index contributed by atoms with van der Waals surface area (Å²) in [6, 6.07) is 10.2. The van der Waals surface area contributed by atoms with Crippen LogP contribution in [0.1, 0.15) is 29.2 Å². The molecule has 1 N–H and O–H groups in total. The number of nitrogens with zero attached hydrogens (tertiary/aromatic N) is 1. The van der Waals surface area contributed by atoms with Crippen LogP contribution in [0.5, 0.6) is 5.75 Å². The number of anilines is 1. The first-order valence-corrected chi connectivity index (χ1v) is 9.98. The van der Waals surface area contributed by atoms with Crippen LogP contribution in [0.25, 0.3) is 11.3 Å². The van der Waals surface area contributed by atoms with Gasteiger partial charge in [-0.2, -0.15) is 0 Å². The van der Waals surface area contributed by atoms with E-state index in [2.05, 4.69) is 10.3 Å². The van der Waals surface area contributed by atoms with Crippen LogP contribution in [0.15, 0.2) is 41.8 Å². The number of rotatable bonds is 4. The van der Waals surface area contributed by atoms with Crippen LogP contribution in [-0.2, 0) is 0 Å². The summed E-state index contributed by atoms with van der Waals surface area (Å²) in [5.41, 5.74) is 2.59. The Morgan fingerprint density at radius 1 is 1.11 bits per heavy atom. The van der Waals surface area contributed by atoms with Crippen LogP contribution in [0.4, 0.5) is 5.69 Å². The summed E-state index contributed by atoms with van der Waals surface area (Å²) < 4.78 is 5.08. The van der Waals surface area contributed by atoms with Crippen molar-refractivity contribution in [3.05, 3.63) is 62.4 Å². The van der Waals surface area contributed by atoms with Crippen molar-refractivity contribution >= 4 is 46.1 Å². The average molecular weight is 423 g/mol. The first kappa shape index (κ1) is 21.2. The Morgan fingerprint density at radius 2 is 1.85 bits per heavy atom. The fourth-order valence-corrected chi connectivity index (χ4v) is 3.44. The normalized spacial score (nSPS) is 10.0. The zero-order chi connectivity index (χ0) is 20.0. The Hall–Kier alpha value is -2.08. The molecular formula is C20H20Cl2N2O2S. The molecule has 1 aromatic heterocycles. The predicted octanol–water partition coefficient (Wildman–Crippen LogP) is 6.71. The number of hydrogen-bond donors (Lipinski definition) is 1. The molecule has 27 heavy (non-hydrogen) atoms. The second kappa shape index (κ2) is 9.74. The van der Waals surface area contributed by atoms with Gasteiger partial charge in [0.2, 0.25) is 0 Å². The summed E-state index contributed by atoms with van der Waals surface area (Å²) in [7, 11) is 1.54. The molecule has 0 aliphatic carbocycles. The molecular weight excluding hydrogens is 403 g/mol. The largest absolute Gasteiger partial charge is 0.497 e. The number of nitrogens with one attached hydrogen (secondary N) is 1. The maximum absolute atomic E-state index is 12.4. The van der Waals surface area contributed by atoms with Gasteiger partial charge in [0.1, 0.15) is 5.75 Å². The standard InChI is InChI=1S/C18H14Cl2N2O2S.C2H6/c1-10-21-17(9-25-10)13-5-3-11(7-15(13)19)22-18(23)14-6-4-12(24-2)8-16(14)20;1-2/h3-9H,1-2H3,(H,22,23);1-2H3. The summed E-state index contributed by atoms with van der Waals surface area (Å²) in [4.78, 5) is 16.8. The molecule has 0 spiro atoms. The SMILES string of the molecule is CC.COc1ccc(C(=O)Nc2ccc(-c3csc(C)n3)c(Cl)c2)c(Cl)c1. The van der Waals surface area contributed by atoms with Crippen molar-refractivity contribution in [3.8, 4) is 17.0 Å². The monoisotopic (exact) mass is 422 g/mol. The van der Waals surface area contributed by atoms with Crippen LogP contribution < -0.4 is 10.1 Å². The molecule has 0 saturated carbocycles. The number of amides is 1. The second-order valence-corrected chi connectivity index (χ2v) is 7.12. The van der Waals surface area contributed by atoms with Gasteiger partial charge in [0.05, 0.1) is 33.4 Å². The van der Waals surface area contributed by atoms with E-state index in [1.807, 2.05) is 32.2 Å². The van der Waals surface area contributed by atoms with E-state index in [4.69, 9.17) is 27.9 Å². The molecule has 1 amide bonds. The molecule has 1 heterocycles. The fourth-order valence-electron chi connectivity index (χ4n) is 2.29. The van der Waals surface area contributed by atoms with Crippen LogP contribution in [0.3, 0.4) is 0 Å². The number of halogens is 2. The molecule has 2 aromatic carbocycles. The van der Waals surface area contributed by atoms with E-state index >= 15 is 0 Å². The molecule has 0 bridgehead atoms. The van der Waals surface area contributed by atoms with Gasteiger partial charge < -0.3 is 10.1 Å². The van der Waals surface area contributed by atoms with E-state index in [9.17, 15) is 4.79 Å². The fraction of sp³-hybridized carbons (Fsp3) is 0.200. The molecule has 0 atom stereocenters. The molecule has 7 heteroatoms. The zero-order valence-electron chi connectivity index (χ0n) is 15.5. The molecule has 3 rings (SSSR count). The van der Waals surface area contributed by atoms with Gasteiger partial charge in [0.25, 0.3) is 5.91 Å². The highest BCUT2D eigenvalue weighted by atomic mass is 35.5. The highest BCUT2D eigenvalue weighted by Gasteiger charge is 2.13. The molecule has 0 saturated heterocycles. The third kappa shape index (κ3) is 5.22. The van der Waals surface area contributed by atoms with Crippen molar-refractivity contribution in [1.82, 2.24) is 4.98 Å². The van der Waals surface area contributed by atoms with Crippen molar-refractivity contribution < 1.29 is 9.53 Å². The Bertz CT molecular complexity index is 941. The molecule has 0 unspecified atom stereocenters. The number of methoxy groups -OCH3 is 1. The zero-order valence-corrected chi connectivity index (χ0v) is 17.8. The lowest BCUT2D eigenvalue weighted by molar-refractivity contribution is 0.102. The maximum Gasteiger partial charge on any atom is 0.257 e. The number of carbonyl (C=O) groups is 1. The minimum atomic E-state index is -0.319. The van der Waals surface area contributed by atoms with Crippen LogP contribution >= 0.6 is 34.5 Å². The Kier molecular flexibility index (Phi) is 7.66. The molecule has 0 radical (unpaired) electrons. The summed E-state index contributed by atoms with van der Waals surface area (Å²) >= 11 is 14.0. The van der Waals surface area contributed by atoms with Gasteiger partial charge in [-0.3, -0.25) is 4.79 Å². The van der Waals surface area contributed by atoms with Gasteiger partial charge in [-0.25, -0.2) is 4.98 Å². The van der Waals surface area contributed by atoms with Crippen molar-refractivity contribution in [3.63, 3.8) is 0 Å². The number of aryl methyl sites for hydroxylation is 1. The number of aromatic nitrogens is 1. The predicted molar refractivity (Wildman–Crippen MR) is 115 cm³/mol. The van der Waals surface area contributed by atoms with Crippen LogP contribution in [-0.4, -0.2) is 18.0 Å². The van der Waals surface area contributed by atoms with Gasteiger partial charge in [0.15, 0.2) is 0 Å². The average Bonchev–Trinajstić information content (AvgIpc) is 3.09. The molecule has 142 valence electrons. The third-order valence-electron chi connectivity index (χ3n) is 3.54. The highest BCUT2D eigenvalue weighted by Crippen LogP contribution is 2.31. The minimum Gasteiger partial charge on any atom is -0.497 e. The lowest BCUT2D eigenvalue weighted by Gasteiger charge is -2.09. The summed E-state index contributed by atoms with van der Waals surface area (Å²) in [5.74, 6) is 0.272. The first-order chi connectivity index (χ1) is 13.0. The van der Waals surface area contributed by atoms with Crippen molar-refractivity contribution in [2.75, 3.05) is 12.4 Å². The van der Waals surface area contributed by atoms with E-state index in [1.54, 1.807) is 48.8 Å². The number of ether oxygens (including phenoxy) is 1. The van der Waals surface area contributed by atoms with E-state index in [1.165, 1.54) is 0 Å². The Labute approximate surface area is 173 Å². The molecule has 0 aliphatic heterocycles. The van der Waals surface area contributed by atoms with Crippen molar-refractivity contribution in [2.45, 2.75) is 20.8 Å². The van der Waals surface area contributed by atoms with E-state index < -0.39 is 0 Å². The smallest absolute Gasteiger partial charge is 0.257 e. The quantitative estimate of drug-likeness (QED) is 0.507. The highest BCUT2D eigenvalue weighted by molar-refractivity contribution is 7.09. The molecule has 0 fully saturated rings. The van der Waals surface area contributed by atoms with Crippen molar-refractivity contribution in [1.29, 1.82) is 0 Å². The van der Waals surface area contributed by atoms with E-state index in [0.29, 0.717) is 27.0 Å². The van der Waals surface area contributed by atoms with E-state index in [0.717, 1.165) is 16.3 Å². The van der Waals surface area contributed by atoms with Gasteiger partial charge in [-0.15, -0.1) is 11.3 Å². The summed E-state index contributed by atoms with van der Waals surface area (Å²) in [6.45, 7) is 5.94. The number of benzene rings is 2. The lowest BCUT2D eigenvalue weighted by Crippen LogP contribution is -2.12. The van der Waals surface area contributed by atoms with Gasteiger partial charge in [-0.05, 0) is 43.3 Å². The number of carbonyl (C=O) groups excluding carboxylic acids is 1. The first-order valence-electron chi connectivity index (χ1n) is 8.35. The minimum absolute atomic E-state index is 0.317. The number of hydrogen-bond acceptors (Lipinski definition) is 4. The van der Waals surface area contributed by atoms with Crippen LogP contribution in [0, 0.1) is 6.92 Å². The maximum atomic E-state index is 12.4. The topological polar surface area (TPSA) is 51.2 Å². The molecule has 4 nitrogen and oxygen atoms in total. The van der Waals surface area contributed by atoms with E-state index in [-0.39, 0.29) is 5.91 Å². The van der Waals surface area contributed by atoms with Gasteiger partial charge >= 0.3 is 0 Å². The molecule has 3 aromatic rings. The summed E-state index contributed by atoms with van der Waals surface area (Å²) in [6.07, 6.45) is 0. The third-order valence-corrected chi connectivity index (χ3v) is 4.94. The molecule has 0 aliphatic rings. The van der Waals surface area contributed by atoms with Crippen molar-refractivity contribution in [2.24, 2.45) is 0 Å². The lowest BCUT2D eigenvalue weighted by atomic mass is 10.1. The second-order valence-electron chi connectivity index (χ2n) is 5.25. The number of thiazole rings is 1. The van der Waals surface area contributed by atoms with Gasteiger partial charge in [0, 0.05) is 16.6 Å². The summed E-state index contributed by atoms with van der Waals surface area (Å²) in [5, 5.41) is 6.55. The van der Waals surface area contributed by atoms with Crippen LogP contribution in [0.2, 0.25) is 10.0 Å². The Balaban J connectivity index is 0.00000126.